The van der Waals surface area contributed by atoms with Crippen LogP contribution in [0.1, 0.15) is 34.8 Å². The van der Waals surface area contributed by atoms with Crippen molar-refractivity contribution in [2.75, 3.05) is 19.8 Å². The third-order valence-corrected chi connectivity index (χ3v) is 5.30. The van der Waals surface area contributed by atoms with Crippen LogP contribution >= 0.6 is 11.3 Å². The number of aromatic nitrogens is 1. The molecule has 2 aromatic rings. The Morgan fingerprint density at radius 1 is 1.42 bits per heavy atom. The molecule has 1 aromatic heterocycles. The summed E-state index contributed by atoms with van der Waals surface area (Å²) in [6.07, 6.45) is 0.963. The number of ether oxygens (including phenoxy) is 1. The second kappa shape index (κ2) is 7.77. The van der Waals surface area contributed by atoms with Crippen LogP contribution < -0.4 is 5.32 Å². The fourth-order valence-electron chi connectivity index (χ4n) is 2.92. The van der Waals surface area contributed by atoms with Crippen LogP contribution in [0.2, 0.25) is 0 Å². The number of amides is 2. The quantitative estimate of drug-likeness (QED) is 0.925. The van der Waals surface area contributed by atoms with E-state index in [1.54, 1.807) is 11.3 Å². The van der Waals surface area contributed by atoms with Crippen molar-refractivity contribution < 1.29 is 9.53 Å². The van der Waals surface area contributed by atoms with Gasteiger partial charge in [0.25, 0.3) is 0 Å². The molecule has 1 saturated heterocycles. The highest BCUT2D eigenvalue weighted by atomic mass is 32.1. The maximum Gasteiger partial charge on any atom is 0.318 e. The van der Waals surface area contributed by atoms with Crippen LogP contribution in [0.4, 0.5) is 4.79 Å². The van der Waals surface area contributed by atoms with Gasteiger partial charge in [0, 0.05) is 24.2 Å². The molecule has 3 rings (SSSR count). The van der Waals surface area contributed by atoms with E-state index >= 15 is 0 Å². The van der Waals surface area contributed by atoms with Gasteiger partial charge in [-0.1, -0.05) is 31.2 Å². The molecule has 0 saturated carbocycles. The Kier molecular flexibility index (Phi) is 5.48. The highest BCUT2D eigenvalue weighted by molar-refractivity contribution is 7.09. The summed E-state index contributed by atoms with van der Waals surface area (Å²) in [4.78, 5) is 19.1. The summed E-state index contributed by atoms with van der Waals surface area (Å²) in [7, 11) is 0. The lowest BCUT2D eigenvalue weighted by molar-refractivity contribution is 0.0115. The second-order valence-electron chi connectivity index (χ2n) is 5.89. The van der Waals surface area contributed by atoms with E-state index in [9.17, 15) is 4.79 Å². The largest absolute Gasteiger partial charge is 0.377 e. The number of hydrogen-bond acceptors (Lipinski definition) is 4. The third kappa shape index (κ3) is 3.76. The van der Waals surface area contributed by atoms with Crippen molar-refractivity contribution in [2.45, 2.75) is 32.9 Å². The summed E-state index contributed by atoms with van der Waals surface area (Å²) >= 11 is 1.58. The van der Waals surface area contributed by atoms with Crippen molar-refractivity contribution >= 4 is 17.4 Å². The number of benzene rings is 1. The molecule has 1 aromatic carbocycles. The van der Waals surface area contributed by atoms with E-state index < -0.39 is 0 Å². The van der Waals surface area contributed by atoms with Crippen LogP contribution in [0.5, 0.6) is 0 Å². The first-order valence-electron chi connectivity index (χ1n) is 8.30. The molecule has 1 aliphatic rings. The maximum absolute atomic E-state index is 12.7. The number of nitrogens with zero attached hydrogens (tertiary/aromatic N) is 2. The predicted molar refractivity (Wildman–Crippen MR) is 95.2 cm³/mol. The number of nitrogens with one attached hydrogen (secondary N) is 1. The van der Waals surface area contributed by atoms with Gasteiger partial charge < -0.3 is 15.0 Å². The fourth-order valence-corrected chi connectivity index (χ4v) is 3.82. The van der Waals surface area contributed by atoms with Gasteiger partial charge in [-0.25, -0.2) is 9.78 Å². The second-order valence-corrected chi connectivity index (χ2v) is 6.78. The Bertz CT molecular complexity index is 701. The molecular formula is C18H23N3O2S. The Morgan fingerprint density at radius 3 is 2.92 bits per heavy atom. The molecule has 0 unspecified atom stereocenters. The first kappa shape index (κ1) is 16.9. The molecule has 24 heavy (non-hydrogen) atoms. The van der Waals surface area contributed by atoms with Crippen molar-refractivity contribution in [3.8, 4) is 0 Å². The molecule has 1 aliphatic heterocycles. The SMILES string of the molecule is CCc1ccccc1CNC(=O)N1CCOC[C@@H]1c1nc(C)cs1. The summed E-state index contributed by atoms with van der Waals surface area (Å²) in [5.41, 5.74) is 3.42. The zero-order valence-electron chi connectivity index (χ0n) is 14.1. The standard InChI is InChI=1S/C18H23N3O2S/c1-3-14-6-4-5-7-15(14)10-19-18(22)21-8-9-23-11-16(21)17-20-13(2)12-24-17/h4-7,12,16H,3,8-11H2,1-2H3,(H,19,22)/t16-/m1/s1. The fraction of sp³-hybridized carbons (Fsp3) is 0.444. The number of carbonyl (C=O) groups excluding carboxylic acids is 1. The van der Waals surface area contributed by atoms with Crippen LogP contribution in [0.25, 0.3) is 0 Å². The zero-order valence-corrected chi connectivity index (χ0v) is 14.9. The highest BCUT2D eigenvalue weighted by Gasteiger charge is 2.30. The van der Waals surface area contributed by atoms with E-state index in [4.69, 9.17) is 4.74 Å². The third-order valence-electron chi connectivity index (χ3n) is 4.24. The number of thiazole rings is 1. The van der Waals surface area contributed by atoms with Crippen molar-refractivity contribution in [3.05, 3.63) is 51.5 Å². The van der Waals surface area contributed by atoms with E-state index in [0.29, 0.717) is 26.3 Å². The molecule has 1 fully saturated rings. The molecule has 6 heteroatoms. The van der Waals surface area contributed by atoms with Gasteiger partial charge in [0.1, 0.15) is 11.0 Å². The molecule has 0 bridgehead atoms. The van der Waals surface area contributed by atoms with Crippen LogP contribution in [-0.4, -0.2) is 35.7 Å². The molecule has 2 amide bonds. The van der Waals surface area contributed by atoms with Crippen molar-refractivity contribution in [1.82, 2.24) is 15.2 Å². The van der Waals surface area contributed by atoms with E-state index in [1.165, 1.54) is 11.1 Å². The minimum absolute atomic E-state index is 0.0536. The average Bonchev–Trinajstić information content (AvgIpc) is 3.06. The monoisotopic (exact) mass is 345 g/mol. The zero-order chi connectivity index (χ0) is 16.9. The summed E-state index contributed by atoms with van der Waals surface area (Å²) in [6.45, 7) is 6.30. The lowest BCUT2D eigenvalue weighted by atomic mass is 10.1. The van der Waals surface area contributed by atoms with Gasteiger partial charge >= 0.3 is 6.03 Å². The van der Waals surface area contributed by atoms with E-state index in [1.807, 2.05) is 29.3 Å². The van der Waals surface area contributed by atoms with Crippen LogP contribution in [-0.2, 0) is 17.7 Å². The van der Waals surface area contributed by atoms with Gasteiger partial charge in [-0.3, -0.25) is 0 Å². The molecule has 1 atom stereocenters. The van der Waals surface area contributed by atoms with Crippen molar-refractivity contribution in [3.63, 3.8) is 0 Å². The molecule has 0 spiro atoms. The first-order chi connectivity index (χ1) is 11.7. The molecule has 128 valence electrons. The summed E-state index contributed by atoms with van der Waals surface area (Å²) < 4.78 is 5.57. The van der Waals surface area contributed by atoms with Crippen molar-refractivity contribution in [2.24, 2.45) is 0 Å². The minimum atomic E-state index is -0.0983. The lowest BCUT2D eigenvalue weighted by Crippen LogP contribution is -2.48. The molecule has 1 N–H and O–H groups in total. The van der Waals surface area contributed by atoms with Gasteiger partial charge in [-0.2, -0.15) is 0 Å². The smallest absolute Gasteiger partial charge is 0.318 e. The Balaban J connectivity index is 1.68. The predicted octanol–water partition coefficient (Wildman–Crippen LogP) is 3.30. The summed E-state index contributed by atoms with van der Waals surface area (Å²) in [6, 6.07) is 8.07. The number of urea groups is 1. The lowest BCUT2D eigenvalue weighted by Gasteiger charge is -2.34. The van der Waals surface area contributed by atoms with E-state index in [-0.39, 0.29) is 12.1 Å². The van der Waals surface area contributed by atoms with Gasteiger partial charge in [0.2, 0.25) is 0 Å². The van der Waals surface area contributed by atoms with Gasteiger partial charge in [0.05, 0.1) is 13.2 Å². The normalized spacial score (nSPS) is 17.8. The Labute approximate surface area is 146 Å². The van der Waals surface area contributed by atoms with Gasteiger partial charge in [-0.15, -0.1) is 11.3 Å². The molecule has 5 nitrogen and oxygen atoms in total. The van der Waals surface area contributed by atoms with Gasteiger partial charge in [0.15, 0.2) is 0 Å². The Morgan fingerprint density at radius 2 is 2.21 bits per heavy atom. The van der Waals surface area contributed by atoms with E-state index in [2.05, 4.69) is 29.4 Å². The molecule has 2 heterocycles. The molecular weight excluding hydrogens is 322 g/mol. The van der Waals surface area contributed by atoms with E-state index in [0.717, 1.165) is 17.1 Å². The van der Waals surface area contributed by atoms with Crippen molar-refractivity contribution in [1.29, 1.82) is 0 Å². The number of hydrogen-bond donors (Lipinski definition) is 1. The van der Waals surface area contributed by atoms with Crippen LogP contribution in [0, 0.1) is 6.92 Å². The first-order valence-corrected chi connectivity index (χ1v) is 9.18. The maximum atomic E-state index is 12.7. The number of morpholine rings is 1. The van der Waals surface area contributed by atoms with Crippen LogP contribution in [0.15, 0.2) is 29.6 Å². The van der Waals surface area contributed by atoms with Crippen LogP contribution in [0.3, 0.4) is 0 Å². The Hall–Kier alpha value is -1.92. The van der Waals surface area contributed by atoms with Gasteiger partial charge in [-0.05, 0) is 24.5 Å². The summed E-state index contributed by atoms with van der Waals surface area (Å²) in [5.74, 6) is 0. The average molecular weight is 345 g/mol. The minimum Gasteiger partial charge on any atom is -0.377 e. The molecule has 0 radical (unpaired) electrons. The summed E-state index contributed by atoms with van der Waals surface area (Å²) in [5, 5.41) is 6.01. The number of rotatable bonds is 4. The molecule has 0 aliphatic carbocycles. The topological polar surface area (TPSA) is 54.5 Å². The highest BCUT2D eigenvalue weighted by Crippen LogP contribution is 2.27. The number of carbonyl (C=O) groups is 1. The number of aryl methyl sites for hydroxylation is 2.